The second kappa shape index (κ2) is 11.1. The number of carbonyl (C=O) groups is 1. The molecule has 192 valence electrons. The molecule has 7 heteroatoms. The van der Waals surface area contributed by atoms with Gasteiger partial charge in [0.2, 0.25) is 0 Å². The number of aryl methyl sites for hydroxylation is 1. The summed E-state index contributed by atoms with van der Waals surface area (Å²) < 4.78 is 16.6. The Morgan fingerprint density at radius 2 is 1.89 bits per heavy atom. The van der Waals surface area contributed by atoms with Crippen LogP contribution >= 0.6 is 0 Å². The highest BCUT2D eigenvalue weighted by Crippen LogP contribution is 2.31. The summed E-state index contributed by atoms with van der Waals surface area (Å²) in [6.07, 6.45) is 2.32. The highest BCUT2D eigenvalue weighted by Gasteiger charge is 2.24. The molecule has 0 saturated heterocycles. The molecule has 3 N–H and O–H groups in total. The van der Waals surface area contributed by atoms with E-state index in [1.54, 1.807) is 35.0 Å². The summed E-state index contributed by atoms with van der Waals surface area (Å²) >= 11 is 0. The zero-order chi connectivity index (χ0) is 26.6. The number of aromatic nitrogens is 2. The molecule has 1 aromatic heterocycles. The summed E-state index contributed by atoms with van der Waals surface area (Å²) in [6, 6.07) is 23.7. The monoisotopic (exact) mass is 507 g/mol. The molecule has 4 aromatic rings. The van der Waals surface area contributed by atoms with Gasteiger partial charge >= 0.3 is 0 Å². The molecule has 1 fully saturated rings. The van der Waals surface area contributed by atoms with Gasteiger partial charge in [-0.15, -0.1) is 0 Å². The highest BCUT2D eigenvalue weighted by molar-refractivity contribution is 5.96. The fraction of sp³-hybridized carbons (Fsp3) is 0.258. The van der Waals surface area contributed by atoms with Crippen LogP contribution in [0.5, 0.6) is 0 Å². The van der Waals surface area contributed by atoms with Crippen LogP contribution in [0.1, 0.15) is 62.9 Å². The normalized spacial score (nSPS) is 13.7. The van der Waals surface area contributed by atoms with Gasteiger partial charge in [-0.1, -0.05) is 36.4 Å². The molecule has 0 bridgehead atoms. The molecule has 0 radical (unpaired) electrons. The van der Waals surface area contributed by atoms with Crippen LogP contribution in [0.2, 0.25) is 0 Å². The number of nitrogens with zero attached hydrogens (tertiary/aromatic N) is 3. The maximum Gasteiger partial charge on any atom is 0.185 e. The van der Waals surface area contributed by atoms with E-state index < -0.39 is 5.82 Å². The summed E-state index contributed by atoms with van der Waals surface area (Å²) in [5, 5.41) is 17.3. The van der Waals surface area contributed by atoms with Crippen molar-refractivity contribution in [1.82, 2.24) is 15.1 Å². The molecule has 1 heterocycles. The summed E-state index contributed by atoms with van der Waals surface area (Å²) in [6.45, 7) is 3.07. The van der Waals surface area contributed by atoms with Crippen molar-refractivity contribution < 1.29 is 9.18 Å². The fourth-order valence-electron chi connectivity index (χ4n) is 4.67. The van der Waals surface area contributed by atoms with Crippen LogP contribution in [0.4, 0.5) is 4.39 Å². The van der Waals surface area contributed by atoms with E-state index in [9.17, 15) is 10.1 Å². The smallest absolute Gasteiger partial charge is 0.185 e. The van der Waals surface area contributed by atoms with Crippen molar-refractivity contribution in [3.05, 3.63) is 118 Å². The Bertz CT molecular complexity index is 1500. The van der Waals surface area contributed by atoms with Gasteiger partial charge < -0.3 is 11.1 Å². The van der Waals surface area contributed by atoms with E-state index >= 15 is 4.39 Å². The summed E-state index contributed by atoms with van der Waals surface area (Å²) in [7, 11) is 0. The maximum atomic E-state index is 15.0. The molecule has 1 atom stereocenters. The van der Waals surface area contributed by atoms with Crippen LogP contribution in [0.15, 0.2) is 72.8 Å². The number of nitrogens with one attached hydrogen (secondary N) is 1. The van der Waals surface area contributed by atoms with E-state index in [4.69, 9.17) is 5.73 Å². The number of nitrogens with two attached hydrogens (primary N) is 1. The maximum absolute atomic E-state index is 15.0. The lowest BCUT2D eigenvalue weighted by Gasteiger charge is -2.21. The van der Waals surface area contributed by atoms with Crippen molar-refractivity contribution in [3.8, 4) is 11.8 Å². The van der Waals surface area contributed by atoms with Crippen molar-refractivity contribution in [3.63, 3.8) is 0 Å². The van der Waals surface area contributed by atoms with E-state index in [-0.39, 0.29) is 18.2 Å². The van der Waals surface area contributed by atoms with Crippen molar-refractivity contribution in [2.45, 2.75) is 38.8 Å². The number of rotatable bonds is 10. The lowest BCUT2D eigenvalue weighted by atomic mass is 9.94. The molecular weight excluding hydrogens is 477 g/mol. The van der Waals surface area contributed by atoms with E-state index in [1.807, 2.05) is 43.3 Å². The quantitative estimate of drug-likeness (QED) is 0.289. The van der Waals surface area contributed by atoms with E-state index in [1.165, 1.54) is 18.9 Å². The lowest BCUT2D eigenvalue weighted by Crippen LogP contribution is -2.25. The van der Waals surface area contributed by atoms with Gasteiger partial charge in [-0.25, -0.2) is 9.07 Å². The average molecular weight is 508 g/mol. The number of carbonyl (C=O) groups excluding carboxylic acids is 1. The Morgan fingerprint density at radius 1 is 1.13 bits per heavy atom. The van der Waals surface area contributed by atoms with Gasteiger partial charge in [0.25, 0.3) is 0 Å². The van der Waals surface area contributed by atoms with Crippen molar-refractivity contribution in [2.24, 2.45) is 11.7 Å². The van der Waals surface area contributed by atoms with Crippen LogP contribution in [-0.4, -0.2) is 22.1 Å². The first-order chi connectivity index (χ1) is 18.4. The minimum atomic E-state index is -0.421. The number of benzene rings is 3. The Balaban J connectivity index is 1.44. The number of hydrogen-bond acceptors (Lipinski definition) is 5. The van der Waals surface area contributed by atoms with Gasteiger partial charge in [0.15, 0.2) is 5.78 Å². The molecular formula is C31H30FN5O. The number of halogens is 1. The second-order valence-electron chi connectivity index (χ2n) is 9.93. The van der Waals surface area contributed by atoms with Crippen LogP contribution in [0, 0.1) is 30.0 Å². The van der Waals surface area contributed by atoms with E-state index in [2.05, 4.69) is 16.5 Å². The molecule has 38 heavy (non-hydrogen) atoms. The zero-order valence-corrected chi connectivity index (χ0v) is 21.3. The van der Waals surface area contributed by atoms with Gasteiger partial charge in [-0.05, 0) is 90.9 Å². The first kappa shape index (κ1) is 25.5. The molecule has 0 aliphatic heterocycles. The Hall–Kier alpha value is -4.12. The number of hydrogen-bond donors (Lipinski definition) is 2. The third kappa shape index (κ3) is 5.72. The fourth-order valence-corrected chi connectivity index (χ4v) is 4.67. The molecule has 6 nitrogen and oxygen atoms in total. The summed E-state index contributed by atoms with van der Waals surface area (Å²) in [4.78, 5) is 13.5. The lowest BCUT2D eigenvalue weighted by molar-refractivity contribution is 0.0984. The number of ketones is 1. The molecule has 1 aliphatic rings. The Labute approximate surface area is 221 Å². The Morgan fingerprint density at radius 3 is 2.61 bits per heavy atom. The summed E-state index contributed by atoms with van der Waals surface area (Å²) in [5.74, 6) is 0.00938. The van der Waals surface area contributed by atoms with Crippen molar-refractivity contribution in [2.75, 3.05) is 6.54 Å². The molecule has 1 unspecified atom stereocenters. The predicted molar refractivity (Wildman–Crippen MR) is 144 cm³/mol. The third-order valence-corrected chi connectivity index (χ3v) is 6.94. The minimum Gasteiger partial charge on any atom is -0.326 e. The molecule has 1 aliphatic carbocycles. The SMILES string of the molecule is Cc1cc(C(=O)Cc2cc(C(NCC3CC3)c3ccc(C#N)cc3)ccc2F)n(-c2cccc(CN)c2)n1. The van der Waals surface area contributed by atoms with Crippen LogP contribution in [-0.2, 0) is 13.0 Å². The van der Waals surface area contributed by atoms with Crippen molar-refractivity contribution in [1.29, 1.82) is 5.26 Å². The third-order valence-electron chi connectivity index (χ3n) is 6.94. The number of nitriles is 1. The first-order valence-corrected chi connectivity index (χ1v) is 12.9. The van der Waals surface area contributed by atoms with E-state index in [0.717, 1.165) is 28.9 Å². The predicted octanol–water partition coefficient (Wildman–Crippen LogP) is 5.16. The van der Waals surface area contributed by atoms with Gasteiger partial charge in [0.1, 0.15) is 11.5 Å². The average Bonchev–Trinajstić information content (AvgIpc) is 3.69. The largest absolute Gasteiger partial charge is 0.326 e. The number of Topliss-reactive ketones (excluding diaryl/α,β-unsaturated/α-hetero) is 1. The zero-order valence-electron chi connectivity index (χ0n) is 21.3. The van der Waals surface area contributed by atoms with E-state index in [0.29, 0.717) is 35.0 Å². The van der Waals surface area contributed by atoms with Gasteiger partial charge in [-0.2, -0.15) is 10.4 Å². The highest BCUT2D eigenvalue weighted by atomic mass is 19.1. The van der Waals surface area contributed by atoms with Gasteiger partial charge in [0.05, 0.1) is 29.1 Å². The molecule has 3 aromatic carbocycles. The second-order valence-corrected chi connectivity index (χ2v) is 9.93. The van der Waals surface area contributed by atoms with Crippen molar-refractivity contribution >= 4 is 5.78 Å². The first-order valence-electron chi connectivity index (χ1n) is 12.9. The molecule has 0 spiro atoms. The summed E-state index contributed by atoms with van der Waals surface area (Å²) in [5.41, 5.74) is 11.4. The van der Waals surface area contributed by atoms with Crippen LogP contribution in [0.25, 0.3) is 5.69 Å². The van der Waals surface area contributed by atoms with Crippen LogP contribution in [0.3, 0.4) is 0 Å². The minimum absolute atomic E-state index is 0.0932. The van der Waals surface area contributed by atoms with Crippen LogP contribution < -0.4 is 11.1 Å². The molecule has 0 amide bonds. The van der Waals surface area contributed by atoms with Gasteiger partial charge in [-0.3, -0.25) is 4.79 Å². The Kier molecular flexibility index (Phi) is 7.45. The van der Waals surface area contributed by atoms with Gasteiger partial charge in [0, 0.05) is 13.0 Å². The molecule has 1 saturated carbocycles. The topological polar surface area (TPSA) is 96.7 Å². The standard InChI is InChI=1S/C31H30FN5O/c1-20-13-29(37(36-20)27-4-2-3-23(14-27)18-34)30(38)16-26-15-25(11-12-28(26)32)31(35-19-22-5-6-22)24-9-7-21(17-33)8-10-24/h2-4,7-15,22,31,35H,5-6,16,18-19,34H2,1H3. The molecule has 5 rings (SSSR count).